The first-order chi connectivity index (χ1) is 11.3. The summed E-state index contributed by atoms with van der Waals surface area (Å²) >= 11 is 0. The lowest BCUT2D eigenvalue weighted by Gasteiger charge is -2.26. The Morgan fingerprint density at radius 3 is 2.50 bits per heavy atom. The van der Waals surface area contributed by atoms with Crippen molar-refractivity contribution in [2.24, 2.45) is 5.92 Å². The van der Waals surface area contributed by atoms with E-state index in [1.54, 1.807) is 19.1 Å². The summed E-state index contributed by atoms with van der Waals surface area (Å²) in [5.74, 6) is 0.653. The van der Waals surface area contributed by atoms with Crippen molar-refractivity contribution >= 4 is 15.9 Å². The first-order valence-electron chi connectivity index (χ1n) is 8.64. The van der Waals surface area contributed by atoms with Gasteiger partial charge >= 0.3 is 0 Å². The Kier molecular flexibility index (Phi) is 6.40. The van der Waals surface area contributed by atoms with Gasteiger partial charge in [0.2, 0.25) is 15.9 Å². The van der Waals surface area contributed by atoms with Gasteiger partial charge in [-0.2, -0.15) is 0 Å². The minimum Gasteiger partial charge on any atom is -0.353 e. The molecule has 134 valence electrons. The van der Waals surface area contributed by atoms with Gasteiger partial charge in [0.15, 0.2) is 0 Å². The number of rotatable bonds is 6. The van der Waals surface area contributed by atoms with Gasteiger partial charge in [0.25, 0.3) is 0 Å². The smallest absolute Gasteiger partial charge is 0.240 e. The van der Waals surface area contributed by atoms with E-state index in [1.165, 1.54) is 0 Å². The fourth-order valence-electron chi connectivity index (χ4n) is 3.08. The zero-order valence-corrected chi connectivity index (χ0v) is 15.6. The predicted octanol–water partition coefficient (Wildman–Crippen LogP) is 2.67. The first-order valence-corrected chi connectivity index (χ1v) is 10.1. The molecule has 1 fully saturated rings. The van der Waals surface area contributed by atoms with Crippen LogP contribution in [0.25, 0.3) is 0 Å². The number of nitrogens with one attached hydrogen (secondary N) is 2. The second kappa shape index (κ2) is 8.12. The molecule has 5 nitrogen and oxygen atoms in total. The van der Waals surface area contributed by atoms with Crippen molar-refractivity contribution in [2.75, 3.05) is 6.54 Å². The zero-order valence-electron chi connectivity index (χ0n) is 14.8. The number of amides is 1. The molecule has 1 amide bonds. The maximum absolute atomic E-state index is 12.4. The third kappa shape index (κ3) is 5.31. The molecule has 0 bridgehead atoms. The lowest BCUT2D eigenvalue weighted by Crippen LogP contribution is -2.39. The second-order valence-electron chi connectivity index (χ2n) is 6.94. The normalized spacial score (nSPS) is 21.5. The summed E-state index contributed by atoms with van der Waals surface area (Å²) in [5, 5.41) is 3.01. The molecule has 1 aromatic rings. The highest BCUT2D eigenvalue weighted by molar-refractivity contribution is 7.89. The van der Waals surface area contributed by atoms with E-state index in [4.69, 9.17) is 0 Å². The molecule has 1 aromatic carbocycles. The topological polar surface area (TPSA) is 75.3 Å². The molecular weight excluding hydrogens is 324 g/mol. The standard InChI is InChI=1S/C18H28N2O3S/c1-13-5-8-16(9-6-13)20-18(21)10-11-19-24(22,23)17-12-14(2)4-7-15(17)3/h4,7,12-13,16,19H,5-6,8-11H2,1-3H3,(H,20,21). The zero-order chi connectivity index (χ0) is 17.7. The average Bonchev–Trinajstić information content (AvgIpc) is 2.51. The number of hydrogen-bond donors (Lipinski definition) is 2. The van der Waals surface area contributed by atoms with Crippen molar-refractivity contribution < 1.29 is 13.2 Å². The predicted molar refractivity (Wildman–Crippen MR) is 95.3 cm³/mol. The van der Waals surface area contributed by atoms with Gasteiger partial charge in [-0.05, 0) is 62.6 Å². The Balaban J connectivity index is 1.82. The fourth-order valence-corrected chi connectivity index (χ4v) is 4.44. The van der Waals surface area contributed by atoms with Gasteiger partial charge in [-0.15, -0.1) is 0 Å². The third-order valence-corrected chi connectivity index (χ3v) is 6.26. The van der Waals surface area contributed by atoms with E-state index in [0.29, 0.717) is 5.56 Å². The summed E-state index contributed by atoms with van der Waals surface area (Å²) < 4.78 is 27.3. The molecule has 0 atom stereocenters. The summed E-state index contributed by atoms with van der Waals surface area (Å²) in [6.45, 7) is 5.98. The van der Waals surface area contributed by atoms with Crippen molar-refractivity contribution in [1.82, 2.24) is 10.0 Å². The van der Waals surface area contributed by atoms with E-state index in [0.717, 1.165) is 37.2 Å². The van der Waals surface area contributed by atoms with Crippen LogP contribution in [0.1, 0.15) is 50.2 Å². The Morgan fingerprint density at radius 1 is 1.17 bits per heavy atom. The van der Waals surface area contributed by atoms with E-state index < -0.39 is 10.0 Å². The lowest BCUT2D eigenvalue weighted by atomic mass is 9.87. The van der Waals surface area contributed by atoms with Gasteiger partial charge in [0.1, 0.15) is 0 Å². The highest BCUT2D eigenvalue weighted by Gasteiger charge is 2.20. The largest absolute Gasteiger partial charge is 0.353 e. The molecule has 1 aliphatic rings. The molecule has 0 unspecified atom stereocenters. The van der Waals surface area contributed by atoms with E-state index in [-0.39, 0.29) is 29.8 Å². The van der Waals surface area contributed by atoms with Gasteiger partial charge in [-0.1, -0.05) is 19.1 Å². The minimum absolute atomic E-state index is 0.0850. The number of hydrogen-bond acceptors (Lipinski definition) is 3. The summed E-state index contributed by atoms with van der Waals surface area (Å²) in [6, 6.07) is 5.57. The summed E-state index contributed by atoms with van der Waals surface area (Å²) in [7, 11) is -3.58. The highest BCUT2D eigenvalue weighted by atomic mass is 32.2. The van der Waals surface area contributed by atoms with Gasteiger partial charge < -0.3 is 5.32 Å². The summed E-state index contributed by atoms with van der Waals surface area (Å²) in [4.78, 5) is 12.3. The molecule has 0 heterocycles. The molecule has 1 aliphatic carbocycles. The molecule has 0 aliphatic heterocycles. The summed E-state index contributed by atoms with van der Waals surface area (Å²) in [5.41, 5.74) is 1.60. The minimum atomic E-state index is -3.58. The van der Waals surface area contributed by atoms with Crippen molar-refractivity contribution in [3.63, 3.8) is 0 Å². The Morgan fingerprint density at radius 2 is 1.83 bits per heavy atom. The molecule has 0 aromatic heterocycles. The van der Waals surface area contributed by atoms with E-state index in [2.05, 4.69) is 17.0 Å². The van der Waals surface area contributed by atoms with Crippen LogP contribution in [0.4, 0.5) is 0 Å². The molecule has 2 rings (SSSR count). The summed E-state index contributed by atoms with van der Waals surface area (Å²) in [6.07, 6.45) is 4.48. The molecule has 1 saturated carbocycles. The van der Waals surface area contributed by atoms with Crippen molar-refractivity contribution in [3.05, 3.63) is 29.3 Å². The quantitative estimate of drug-likeness (QED) is 0.826. The molecule has 2 N–H and O–H groups in total. The molecule has 0 saturated heterocycles. The number of carbonyl (C=O) groups is 1. The maximum Gasteiger partial charge on any atom is 0.240 e. The van der Waals surface area contributed by atoms with E-state index in [9.17, 15) is 13.2 Å². The van der Waals surface area contributed by atoms with Gasteiger partial charge in [-0.3, -0.25) is 4.79 Å². The monoisotopic (exact) mass is 352 g/mol. The average molecular weight is 353 g/mol. The second-order valence-corrected chi connectivity index (χ2v) is 8.68. The van der Waals surface area contributed by atoms with Gasteiger partial charge in [-0.25, -0.2) is 13.1 Å². The number of carbonyl (C=O) groups excluding carboxylic acids is 1. The number of benzene rings is 1. The lowest BCUT2D eigenvalue weighted by molar-refractivity contribution is -0.121. The highest BCUT2D eigenvalue weighted by Crippen LogP contribution is 2.23. The van der Waals surface area contributed by atoms with Crippen LogP contribution in [-0.2, 0) is 14.8 Å². The van der Waals surface area contributed by atoms with Gasteiger partial charge in [0, 0.05) is 19.0 Å². The molecule has 24 heavy (non-hydrogen) atoms. The molecule has 6 heteroatoms. The van der Waals surface area contributed by atoms with Crippen LogP contribution >= 0.6 is 0 Å². The SMILES string of the molecule is Cc1ccc(C)c(S(=O)(=O)NCCC(=O)NC2CCC(C)CC2)c1. The van der Waals surface area contributed by atoms with Crippen LogP contribution in [0.3, 0.4) is 0 Å². The van der Waals surface area contributed by atoms with Crippen LogP contribution in [0.2, 0.25) is 0 Å². The Bertz CT molecular complexity index is 678. The van der Waals surface area contributed by atoms with E-state index in [1.807, 2.05) is 13.0 Å². The number of aryl methyl sites for hydroxylation is 2. The maximum atomic E-state index is 12.4. The fraction of sp³-hybridized carbons (Fsp3) is 0.611. The van der Waals surface area contributed by atoms with E-state index >= 15 is 0 Å². The van der Waals surface area contributed by atoms with Crippen LogP contribution in [-0.4, -0.2) is 26.9 Å². The van der Waals surface area contributed by atoms with Crippen molar-refractivity contribution in [3.8, 4) is 0 Å². The Labute approximate surface area is 145 Å². The molecular formula is C18H28N2O3S. The van der Waals surface area contributed by atoms with Crippen molar-refractivity contribution in [2.45, 2.75) is 63.8 Å². The van der Waals surface area contributed by atoms with Gasteiger partial charge in [0.05, 0.1) is 4.90 Å². The number of sulfonamides is 1. The van der Waals surface area contributed by atoms with Crippen LogP contribution in [0.15, 0.2) is 23.1 Å². The molecule has 0 spiro atoms. The Hall–Kier alpha value is -1.40. The molecule has 0 radical (unpaired) electrons. The van der Waals surface area contributed by atoms with Crippen molar-refractivity contribution in [1.29, 1.82) is 0 Å². The van der Waals surface area contributed by atoms with Crippen LogP contribution in [0.5, 0.6) is 0 Å². The first kappa shape index (κ1) is 18.9. The third-order valence-electron chi connectivity index (χ3n) is 4.66. The van der Waals surface area contributed by atoms with Crippen LogP contribution < -0.4 is 10.0 Å². The van der Waals surface area contributed by atoms with Crippen LogP contribution in [0, 0.1) is 19.8 Å².